The molecular formula is C17H19N3S. The molecule has 0 amide bonds. The maximum Gasteiger partial charge on any atom is 0.172 e. The standard InChI is InChI=1S/C17H19N3S/c1-4-12-9-10-14(21-12)17-19-15-11(3)7-6-8-13(15)16(20-17)18-5-2/h6-10H,4-5H2,1-3H3,(H,18,19,20). The van der Waals surface area contributed by atoms with Gasteiger partial charge < -0.3 is 5.32 Å². The van der Waals surface area contributed by atoms with E-state index in [2.05, 4.69) is 56.4 Å². The summed E-state index contributed by atoms with van der Waals surface area (Å²) >= 11 is 1.77. The molecule has 2 heterocycles. The Hall–Kier alpha value is -1.94. The maximum absolute atomic E-state index is 4.79. The number of hydrogen-bond acceptors (Lipinski definition) is 4. The lowest BCUT2D eigenvalue weighted by molar-refractivity contribution is 1.15. The van der Waals surface area contributed by atoms with Crippen LogP contribution in [-0.4, -0.2) is 16.5 Å². The molecule has 4 heteroatoms. The Kier molecular flexibility index (Phi) is 3.88. The molecule has 0 radical (unpaired) electrons. The third-order valence-corrected chi connectivity index (χ3v) is 4.73. The number of thiophene rings is 1. The number of fused-ring (bicyclic) bond motifs is 1. The number of nitrogens with zero attached hydrogens (tertiary/aromatic N) is 2. The molecule has 2 aromatic heterocycles. The quantitative estimate of drug-likeness (QED) is 0.761. The summed E-state index contributed by atoms with van der Waals surface area (Å²) in [6.45, 7) is 7.21. The van der Waals surface area contributed by atoms with Crippen LogP contribution in [0, 0.1) is 6.92 Å². The predicted molar refractivity (Wildman–Crippen MR) is 91.1 cm³/mol. The van der Waals surface area contributed by atoms with Crippen molar-refractivity contribution >= 4 is 28.1 Å². The minimum Gasteiger partial charge on any atom is -0.370 e. The molecule has 3 rings (SSSR count). The van der Waals surface area contributed by atoms with Crippen LogP contribution in [0.1, 0.15) is 24.3 Å². The van der Waals surface area contributed by atoms with Crippen molar-refractivity contribution in [3.63, 3.8) is 0 Å². The molecule has 0 spiro atoms. The van der Waals surface area contributed by atoms with Crippen LogP contribution in [-0.2, 0) is 6.42 Å². The van der Waals surface area contributed by atoms with Crippen molar-refractivity contribution in [3.8, 4) is 10.7 Å². The van der Waals surface area contributed by atoms with Crippen molar-refractivity contribution in [1.82, 2.24) is 9.97 Å². The number of aromatic nitrogens is 2. The summed E-state index contributed by atoms with van der Waals surface area (Å²) in [5.41, 5.74) is 2.22. The van der Waals surface area contributed by atoms with E-state index in [4.69, 9.17) is 9.97 Å². The summed E-state index contributed by atoms with van der Waals surface area (Å²) in [4.78, 5) is 12.0. The van der Waals surface area contributed by atoms with Crippen LogP contribution in [0.15, 0.2) is 30.3 Å². The second-order valence-corrected chi connectivity index (χ2v) is 6.19. The predicted octanol–water partition coefficient (Wildman–Crippen LogP) is 4.66. The van der Waals surface area contributed by atoms with E-state index in [0.29, 0.717) is 0 Å². The van der Waals surface area contributed by atoms with E-state index in [1.807, 2.05) is 0 Å². The Morgan fingerprint density at radius 1 is 1.10 bits per heavy atom. The zero-order valence-electron chi connectivity index (χ0n) is 12.6. The van der Waals surface area contributed by atoms with Gasteiger partial charge in [-0.1, -0.05) is 19.1 Å². The molecule has 1 aromatic carbocycles. The van der Waals surface area contributed by atoms with Gasteiger partial charge in [0, 0.05) is 16.8 Å². The fraction of sp³-hybridized carbons (Fsp3) is 0.294. The summed E-state index contributed by atoms with van der Waals surface area (Å²) in [6.07, 6.45) is 1.05. The molecule has 0 atom stereocenters. The van der Waals surface area contributed by atoms with Gasteiger partial charge in [0.1, 0.15) is 5.82 Å². The van der Waals surface area contributed by atoms with Gasteiger partial charge in [-0.05, 0) is 44.0 Å². The zero-order valence-corrected chi connectivity index (χ0v) is 13.4. The smallest absolute Gasteiger partial charge is 0.172 e. The van der Waals surface area contributed by atoms with Crippen LogP contribution in [0.4, 0.5) is 5.82 Å². The Morgan fingerprint density at radius 3 is 2.67 bits per heavy atom. The average molecular weight is 297 g/mol. The van der Waals surface area contributed by atoms with Crippen molar-refractivity contribution in [2.45, 2.75) is 27.2 Å². The number of anilines is 1. The molecule has 0 aliphatic heterocycles. The largest absolute Gasteiger partial charge is 0.370 e. The van der Waals surface area contributed by atoms with E-state index >= 15 is 0 Å². The first-order valence-corrected chi connectivity index (χ1v) is 8.15. The number of hydrogen-bond donors (Lipinski definition) is 1. The van der Waals surface area contributed by atoms with Gasteiger partial charge in [-0.15, -0.1) is 11.3 Å². The fourth-order valence-electron chi connectivity index (χ4n) is 2.40. The third-order valence-electron chi connectivity index (χ3n) is 3.50. The molecular weight excluding hydrogens is 278 g/mol. The van der Waals surface area contributed by atoms with Crippen molar-refractivity contribution < 1.29 is 0 Å². The summed E-state index contributed by atoms with van der Waals surface area (Å²) in [7, 11) is 0. The van der Waals surface area contributed by atoms with Crippen LogP contribution in [0.3, 0.4) is 0 Å². The lowest BCUT2D eigenvalue weighted by atomic mass is 10.1. The summed E-state index contributed by atoms with van der Waals surface area (Å²) in [5.74, 6) is 1.74. The molecule has 0 saturated carbocycles. The fourth-order valence-corrected chi connectivity index (χ4v) is 3.28. The second-order valence-electron chi connectivity index (χ2n) is 5.02. The van der Waals surface area contributed by atoms with Gasteiger partial charge in [0.15, 0.2) is 5.82 Å². The van der Waals surface area contributed by atoms with Crippen LogP contribution in [0.2, 0.25) is 0 Å². The van der Waals surface area contributed by atoms with Crippen molar-refractivity contribution in [3.05, 3.63) is 40.8 Å². The third kappa shape index (κ3) is 2.63. The Labute approximate surface area is 129 Å². The zero-order chi connectivity index (χ0) is 14.8. The molecule has 0 fully saturated rings. The van der Waals surface area contributed by atoms with E-state index in [1.165, 1.54) is 10.4 Å². The Morgan fingerprint density at radius 2 is 1.95 bits per heavy atom. The normalized spacial score (nSPS) is 11.0. The van der Waals surface area contributed by atoms with Gasteiger partial charge in [0.2, 0.25) is 0 Å². The van der Waals surface area contributed by atoms with E-state index in [-0.39, 0.29) is 0 Å². The van der Waals surface area contributed by atoms with Gasteiger partial charge in [-0.25, -0.2) is 9.97 Å². The molecule has 0 bridgehead atoms. The van der Waals surface area contributed by atoms with Gasteiger partial charge in [0.25, 0.3) is 0 Å². The Bertz CT molecular complexity index is 777. The first-order valence-electron chi connectivity index (χ1n) is 7.33. The van der Waals surface area contributed by atoms with E-state index in [9.17, 15) is 0 Å². The highest BCUT2D eigenvalue weighted by molar-refractivity contribution is 7.15. The monoisotopic (exact) mass is 297 g/mol. The summed E-state index contributed by atoms with van der Waals surface area (Å²) in [5, 5.41) is 4.45. The molecule has 3 aromatic rings. The number of aryl methyl sites for hydroxylation is 2. The second kappa shape index (κ2) is 5.82. The van der Waals surface area contributed by atoms with Gasteiger partial charge in [-0.2, -0.15) is 0 Å². The van der Waals surface area contributed by atoms with E-state index in [1.54, 1.807) is 11.3 Å². The topological polar surface area (TPSA) is 37.8 Å². The lowest BCUT2D eigenvalue weighted by Gasteiger charge is -2.10. The highest BCUT2D eigenvalue weighted by atomic mass is 32.1. The van der Waals surface area contributed by atoms with E-state index in [0.717, 1.165) is 40.4 Å². The first kappa shape index (κ1) is 14.0. The van der Waals surface area contributed by atoms with Gasteiger partial charge >= 0.3 is 0 Å². The van der Waals surface area contributed by atoms with Crippen molar-refractivity contribution in [2.75, 3.05) is 11.9 Å². The number of nitrogens with one attached hydrogen (secondary N) is 1. The van der Waals surface area contributed by atoms with Crippen molar-refractivity contribution in [2.24, 2.45) is 0 Å². The first-order chi connectivity index (χ1) is 10.2. The molecule has 0 unspecified atom stereocenters. The minimum atomic E-state index is 0.817. The molecule has 108 valence electrons. The number of benzene rings is 1. The minimum absolute atomic E-state index is 0.817. The number of para-hydroxylation sites is 1. The average Bonchev–Trinajstić information content (AvgIpc) is 2.97. The molecule has 1 N–H and O–H groups in total. The SMILES string of the molecule is CCNc1nc(-c2ccc(CC)s2)nc2c(C)cccc12. The molecule has 0 aliphatic rings. The maximum atomic E-state index is 4.79. The van der Waals surface area contributed by atoms with E-state index < -0.39 is 0 Å². The summed E-state index contributed by atoms with van der Waals surface area (Å²) in [6, 6.07) is 10.5. The van der Waals surface area contributed by atoms with Crippen molar-refractivity contribution in [1.29, 1.82) is 0 Å². The van der Waals surface area contributed by atoms with Gasteiger partial charge in [-0.3, -0.25) is 0 Å². The van der Waals surface area contributed by atoms with Crippen LogP contribution >= 0.6 is 11.3 Å². The highest BCUT2D eigenvalue weighted by Crippen LogP contribution is 2.30. The Balaban J connectivity index is 2.21. The molecule has 21 heavy (non-hydrogen) atoms. The van der Waals surface area contributed by atoms with Crippen LogP contribution in [0.5, 0.6) is 0 Å². The lowest BCUT2D eigenvalue weighted by Crippen LogP contribution is -2.03. The summed E-state index contributed by atoms with van der Waals surface area (Å²) < 4.78 is 0. The molecule has 0 saturated heterocycles. The van der Waals surface area contributed by atoms with Gasteiger partial charge in [0.05, 0.1) is 10.4 Å². The van der Waals surface area contributed by atoms with Crippen LogP contribution in [0.25, 0.3) is 21.6 Å². The number of rotatable bonds is 4. The highest BCUT2D eigenvalue weighted by Gasteiger charge is 2.11. The molecule has 3 nitrogen and oxygen atoms in total. The molecule has 0 aliphatic carbocycles. The van der Waals surface area contributed by atoms with Crippen LogP contribution < -0.4 is 5.32 Å².